The Labute approximate surface area is 88.8 Å². The molecule has 0 aliphatic heterocycles. The number of H-pyrrole nitrogens is 1. The zero-order valence-corrected chi connectivity index (χ0v) is 8.86. The van der Waals surface area contributed by atoms with Gasteiger partial charge in [-0.3, -0.25) is 5.10 Å². The van der Waals surface area contributed by atoms with Crippen LogP contribution < -0.4 is 5.32 Å². The quantitative estimate of drug-likeness (QED) is 0.802. The SMILES string of the molecule is Cc1[nH]ncc1C(C)Nc1ccccn1. The molecule has 0 fully saturated rings. The van der Waals surface area contributed by atoms with Gasteiger partial charge in [0.1, 0.15) is 5.82 Å². The second kappa shape index (κ2) is 4.13. The first-order chi connectivity index (χ1) is 7.27. The van der Waals surface area contributed by atoms with Gasteiger partial charge < -0.3 is 5.32 Å². The lowest BCUT2D eigenvalue weighted by Gasteiger charge is -2.13. The zero-order chi connectivity index (χ0) is 10.7. The topological polar surface area (TPSA) is 53.6 Å². The average molecular weight is 202 g/mol. The van der Waals surface area contributed by atoms with Crippen LogP contribution in [0.1, 0.15) is 24.2 Å². The van der Waals surface area contributed by atoms with Gasteiger partial charge in [0.05, 0.1) is 12.2 Å². The molecule has 0 radical (unpaired) electrons. The summed E-state index contributed by atoms with van der Waals surface area (Å²) in [4.78, 5) is 4.22. The fraction of sp³-hybridized carbons (Fsp3) is 0.273. The predicted octanol–water partition coefficient (Wildman–Crippen LogP) is 2.29. The molecule has 2 heterocycles. The van der Waals surface area contributed by atoms with Crippen LogP contribution in [0.2, 0.25) is 0 Å². The standard InChI is InChI=1S/C11H14N4/c1-8(10-7-13-15-9(10)2)14-11-5-3-4-6-12-11/h3-8H,1-2H3,(H,12,14)(H,13,15). The molecule has 0 aromatic carbocycles. The van der Waals surface area contributed by atoms with Crippen LogP contribution in [0.5, 0.6) is 0 Å². The molecule has 1 atom stereocenters. The Morgan fingerprint density at radius 2 is 2.27 bits per heavy atom. The highest BCUT2D eigenvalue weighted by molar-refractivity contribution is 5.37. The summed E-state index contributed by atoms with van der Waals surface area (Å²) in [6.07, 6.45) is 3.62. The molecule has 15 heavy (non-hydrogen) atoms. The summed E-state index contributed by atoms with van der Waals surface area (Å²) in [6, 6.07) is 6.02. The van der Waals surface area contributed by atoms with E-state index in [0.29, 0.717) is 0 Å². The molecular weight excluding hydrogens is 188 g/mol. The highest BCUT2D eigenvalue weighted by Crippen LogP contribution is 2.18. The smallest absolute Gasteiger partial charge is 0.126 e. The van der Waals surface area contributed by atoms with E-state index in [-0.39, 0.29) is 6.04 Å². The third kappa shape index (κ3) is 2.15. The summed E-state index contributed by atoms with van der Waals surface area (Å²) in [7, 11) is 0. The van der Waals surface area contributed by atoms with Gasteiger partial charge in [-0.15, -0.1) is 0 Å². The highest BCUT2D eigenvalue weighted by Gasteiger charge is 2.09. The highest BCUT2D eigenvalue weighted by atomic mass is 15.1. The Bertz CT molecular complexity index is 421. The molecule has 4 nitrogen and oxygen atoms in total. The minimum absolute atomic E-state index is 0.207. The molecule has 0 amide bonds. The first-order valence-corrected chi connectivity index (χ1v) is 4.95. The van der Waals surface area contributed by atoms with Gasteiger partial charge in [0.2, 0.25) is 0 Å². The van der Waals surface area contributed by atoms with Gasteiger partial charge in [0.25, 0.3) is 0 Å². The number of pyridine rings is 1. The fourth-order valence-corrected chi connectivity index (χ4v) is 1.54. The Kier molecular flexibility index (Phi) is 2.67. The van der Waals surface area contributed by atoms with Crippen molar-refractivity contribution in [2.24, 2.45) is 0 Å². The van der Waals surface area contributed by atoms with Gasteiger partial charge in [-0.25, -0.2) is 4.98 Å². The van der Waals surface area contributed by atoms with Gasteiger partial charge in [0, 0.05) is 17.5 Å². The molecule has 0 bridgehead atoms. The van der Waals surface area contributed by atoms with Crippen molar-refractivity contribution in [1.82, 2.24) is 15.2 Å². The van der Waals surface area contributed by atoms with Crippen molar-refractivity contribution in [2.45, 2.75) is 19.9 Å². The van der Waals surface area contributed by atoms with E-state index < -0.39 is 0 Å². The minimum atomic E-state index is 0.207. The number of hydrogen-bond acceptors (Lipinski definition) is 3. The summed E-state index contributed by atoms with van der Waals surface area (Å²) in [6.45, 7) is 4.10. The van der Waals surface area contributed by atoms with Crippen LogP contribution in [-0.4, -0.2) is 15.2 Å². The van der Waals surface area contributed by atoms with Gasteiger partial charge in [-0.1, -0.05) is 6.07 Å². The monoisotopic (exact) mass is 202 g/mol. The van der Waals surface area contributed by atoms with E-state index in [0.717, 1.165) is 11.5 Å². The summed E-state index contributed by atoms with van der Waals surface area (Å²) >= 11 is 0. The number of aromatic amines is 1. The van der Waals surface area contributed by atoms with Gasteiger partial charge in [-0.2, -0.15) is 5.10 Å². The minimum Gasteiger partial charge on any atom is -0.363 e. The number of aromatic nitrogens is 3. The van der Waals surface area contributed by atoms with Gasteiger partial charge in [0.15, 0.2) is 0 Å². The first kappa shape index (κ1) is 9.71. The Morgan fingerprint density at radius 3 is 2.87 bits per heavy atom. The van der Waals surface area contributed by atoms with Crippen LogP contribution in [-0.2, 0) is 0 Å². The normalized spacial score (nSPS) is 12.4. The Hall–Kier alpha value is -1.84. The molecule has 2 N–H and O–H groups in total. The lowest BCUT2D eigenvalue weighted by Crippen LogP contribution is -2.07. The van der Waals surface area contributed by atoms with Crippen LogP contribution in [0.25, 0.3) is 0 Å². The summed E-state index contributed by atoms with van der Waals surface area (Å²) in [5.41, 5.74) is 2.26. The Balaban J connectivity index is 2.11. The Morgan fingerprint density at radius 1 is 1.40 bits per heavy atom. The summed E-state index contributed by atoms with van der Waals surface area (Å²) in [5.74, 6) is 0.880. The number of nitrogens with one attached hydrogen (secondary N) is 2. The molecule has 2 rings (SSSR count). The van der Waals surface area contributed by atoms with Crippen LogP contribution >= 0.6 is 0 Å². The number of hydrogen-bond donors (Lipinski definition) is 2. The predicted molar refractivity (Wildman–Crippen MR) is 59.6 cm³/mol. The molecule has 0 saturated carbocycles. The van der Waals surface area contributed by atoms with Crippen LogP contribution in [0.4, 0.5) is 5.82 Å². The molecule has 4 heteroatoms. The van der Waals surface area contributed by atoms with Gasteiger partial charge in [-0.05, 0) is 26.0 Å². The fourth-order valence-electron chi connectivity index (χ4n) is 1.54. The summed E-state index contributed by atoms with van der Waals surface area (Å²) in [5, 5.41) is 10.2. The molecule has 2 aromatic heterocycles. The number of anilines is 1. The lowest BCUT2D eigenvalue weighted by atomic mass is 10.1. The van der Waals surface area contributed by atoms with E-state index in [9.17, 15) is 0 Å². The van der Waals surface area contributed by atoms with E-state index >= 15 is 0 Å². The van der Waals surface area contributed by atoms with E-state index in [1.165, 1.54) is 5.56 Å². The lowest BCUT2D eigenvalue weighted by molar-refractivity contribution is 0.865. The molecule has 0 aliphatic rings. The number of rotatable bonds is 3. The zero-order valence-electron chi connectivity index (χ0n) is 8.86. The third-order valence-electron chi connectivity index (χ3n) is 2.36. The van der Waals surface area contributed by atoms with Crippen molar-refractivity contribution in [2.75, 3.05) is 5.32 Å². The van der Waals surface area contributed by atoms with Crippen molar-refractivity contribution in [1.29, 1.82) is 0 Å². The second-order valence-corrected chi connectivity index (χ2v) is 3.53. The largest absolute Gasteiger partial charge is 0.363 e. The maximum atomic E-state index is 4.22. The van der Waals surface area contributed by atoms with Crippen molar-refractivity contribution in [3.8, 4) is 0 Å². The van der Waals surface area contributed by atoms with Crippen LogP contribution in [0, 0.1) is 6.92 Å². The van der Waals surface area contributed by atoms with Gasteiger partial charge >= 0.3 is 0 Å². The molecule has 0 aliphatic carbocycles. The molecule has 1 unspecified atom stereocenters. The molecule has 78 valence electrons. The van der Waals surface area contributed by atoms with E-state index in [2.05, 4.69) is 27.4 Å². The number of nitrogens with zero attached hydrogens (tertiary/aromatic N) is 2. The summed E-state index contributed by atoms with van der Waals surface area (Å²) < 4.78 is 0. The molecule has 2 aromatic rings. The molecule has 0 spiro atoms. The van der Waals surface area contributed by atoms with E-state index in [1.807, 2.05) is 31.3 Å². The van der Waals surface area contributed by atoms with E-state index in [4.69, 9.17) is 0 Å². The van der Waals surface area contributed by atoms with Crippen molar-refractivity contribution < 1.29 is 0 Å². The third-order valence-corrected chi connectivity index (χ3v) is 2.36. The van der Waals surface area contributed by atoms with Crippen molar-refractivity contribution in [3.05, 3.63) is 41.9 Å². The second-order valence-electron chi connectivity index (χ2n) is 3.53. The number of aryl methyl sites for hydroxylation is 1. The molecule has 0 saturated heterocycles. The maximum Gasteiger partial charge on any atom is 0.126 e. The molecular formula is C11H14N4. The van der Waals surface area contributed by atoms with E-state index in [1.54, 1.807) is 6.20 Å². The maximum absolute atomic E-state index is 4.22. The van der Waals surface area contributed by atoms with Crippen LogP contribution in [0.15, 0.2) is 30.6 Å². The van der Waals surface area contributed by atoms with Crippen molar-refractivity contribution in [3.63, 3.8) is 0 Å². The average Bonchev–Trinajstić information content (AvgIpc) is 2.66. The first-order valence-electron chi connectivity index (χ1n) is 4.95. The van der Waals surface area contributed by atoms with Crippen molar-refractivity contribution >= 4 is 5.82 Å². The van der Waals surface area contributed by atoms with Crippen LogP contribution in [0.3, 0.4) is 0 Å².